The molecule has 0 saturated heterocycles. The summed E-state index contributed by atoms with van der Waals surface area (Å²) in [6.45, 7) is 6.39. The van der Waals surface area contributed by atoms with Gasteiger partial charge in [-0.25, -0.2) is 0 Å². The van der Waals surface area contributed by atoms with Crippen molar-refractivity contribution in [3.8, 4) is 11.1 Å². The van der Waals surface area contributed by atoms with Gasteiger partial charge < -0.3 is 15.3 Å². The molecule has 0 fully saturated rings. The van der Waals surface area contributed by atoms with Crippen molar-refractivity contribution in [1.29, 1.82) is 0 Å². The molecular weight excluding hydrogens is 348 g/mol. The molecule has 0 aliphatic carbocycles. The minimum atomic E-state index is -1.07. The van der Waals surface area contributed by atoms with E-state index in [2.05, 4.69) is 32.9 Å². The molecule has 0 saturated carbocycles. The Hall–Kier alpha value is -1.95. The van der Waals surface area contributed by atoms with E-state index >= 15 is 0 Å². The number of aliphatic hydroxyl groups is 2. The molecule has 2 atom stereocenters. The third-order valence-corrected chi connectivity index (χ3v) is 5.57. The lowest BCUT2D eigenvalue weighted by Crippen LogP contribution is -2.19. The summed E-state index contributed by atoms with van der Waals surface area (Å²) in [4.78, 5) is 13.1. The molecule has 0 aliphatic heterocycles. The third kappa shape index (κ3) is 5.27. The Bertz CT molecular complexity index is 762. The maximum absolute atomic E-state index is 10.6. The monoisotopic (exact) mass is 374 g/mol. The number of aliphatic carboxylic acids is 1. The first-order chi connectivity index (χ1) is 12.3. The summed E-state index contributed by atoms with van der Waals surface area (Å²) < 4.78 is 0. The van der Waals surface area contributed by atoms with Crippen LogP contribution >= 0.6 is 11.3 Å². The largest absolute Gasteiger partial charge is 0.481 e. The minimum absolute atomic E-state index is 0.00357. The van der Waals surface area contributed by atoms with E-state index in [0.29, 0.717) is 5.92 Å². The molecule has 4 nitrogen and oxygen atoms in total. The van der Waals surface area contributed by atoms with E-state index in [1.165, 1.54) is 9.75 Å². The lowest BCUT2D eigenvalue weighted by molar-refractivity contribution is -0.139. The van der Waals surface area contributed by atoms with Crippen LogP contribution in [0.4, 0.5) is 0 Å². The van der Waals surface area contributed by atoms with Crippen molar-refractivity contribution in [3.05, 3.63) is 51.7 Å². The van der Waals surface area contributed by atoms with Crippen molar-refractivity contribution >= 4 is 23.4 Å². The van der Waals surface area contributed by atoms with Crippen LogP contribution in [-0.4, -0.2) is 33.5 Å². The second-order valence-electron chi connectivity index (χ2n) is 6.75. The number of rotatable bonds is 8. The quantitative estimate of drug-likeness (QED) is 0.638. The highest BCUT2D eigenvalue weighted by atomic mass is 32.1. The van der Waals surface area contributed by atoms with Gasteiger partial charge in [-0.15, -0.1) is 11.3 Å². The number of carboxylic acid groups (broad SMARTS) is 1. The fraction of sp³-hybridized carbons (Fsp3) is 0.381. The van der Waals surface area contributed by atoms with Gasteiger partial charge in [-0.3, -0.25) is 4.79 Å². The van der Waals surface area contributed by atoms with E-state index in [-0.39, 0.29) is 12.8 Å². The molecule has 0 radical (unpaired) electrons. The van der Waals surface area contributed by atoms with E-state index < -0.39 is 18.2 Å². The summed E-state index contributed by atoms with van der Waals surface area (Å²) in [6.07, 6.45) is 1.23. The Morgan fingerprint density at radius 2 is 1.85 bits per heavy atom. The summed E-state index contributed by atoms with van der Waals surface area (Å²) in [7, 11) is 0. The zero-order valence-electron chi connectivity index (χ0n) is 15.3. The van der Waals surface area contributed by atoms with Gasteiger partial charge in [0.05, 0.1) is 18.6 Å². The first-order valence-corrected chi connectivity index (χ1v) is 9.56. The molecule has 0 amide bonds. The highest BCUT2D eigenvalue weighted by molar-refractivity contribution is 7.12. The van der Waals surface area contributed by atoms with Crippen LogP contribution in [0.5, 0.6) is 0 Å². The van der Waals surface area contributed by atoms with Gasteiger partial charge in [-0.1, -0.05) is 56.3 Å². The van der Waals surface area contributed by atoms with Crippen molar-refractivity contribution < 1.29 is 20.1 Å². The van der Waals surface area contributed by atoms with Crippen LogP contribution in [0, 0.1) is 6.92 Å². The number of thiophene rings is 1. The van der Waals surface area contributed by atoms with Crippen LogP contribution in [0.25, 0.3) is 17.2 Å². The summed E-state index contributed by atoms with van der Waals surface area (Å²) >= 11 is 1.76. The molecule has 5 heteroatoms. The summed E-state index contributed by atoms with van der Waals surface area (Å²) in [6, 6.07) is 10.1. The van der Waals surface area contributed by atoms with Gasteiger partial charge in [0.25, 0.3) is 0 Å². The number of hydrogen-bond acceptors (Lipinski definition) is 4. The third-order valence-electron chi connectivity index (χ3n) is 4.15. The van der Waals surface area contributed by atoms with Crippen LogP contribution in [0.2, 0.25) is 0 Å². The zero-order valence-corrected chi connectivity index (χ0v) is 16.2. The van der Waals surface area contributed by atoms with Crippen LogP contribution in [-0.2, 0) is 4.79 Å². The molecule has 1 aromatic heterocycles. The molecule has 0 spiro atoms. The number of aryl methyl sites for hydroxylation is 1. The highest BCUT2D eigenvalue weighted by Gasteiger charge is 2.18. The number of carboxylic acids is 1. The van der Waals surface area contributed by atoms with Gasteiger partial charge in [-0.05, 0) is 24.0 Å². The summed E-state index contributed by atoms with van der Waals surface area (Å²) in [5.74, 6) is -0.721. The van der Waals surface area contributed by atoms with Crippen molar-refractivity contribution in [2.75, 3.05) is 0 Å². The van der Waals surface area contributed by atoms with Gasteiger partial charge in [0.15, 0.2) is 0 Å². The molecule has 0 aliphatic rings. The van der Waals surface area contributed by atoms with E-state index in [4.69, 9.17) is 5.11 Å². The van der Waals surface area contributed by atoms with E-state index in [1.54, 1.807) is 17.4 Å². The Morgan fingerprint density at radius 1 is 1.19 bits per heavy atom. The molecule has 0 unspecified atom stereocenters. The molecule has 0 bridgehead atoms. The van der Waals surface area contributed by atoms with Crippen molar-refractivity contribution in [1.82, 2.24) is 0 Å². The first kappa shape index (κ1) is 20.4. The minimum Gasteiger partial charge on any atom is -0.481 e. The van der Waals surface area contributed by atoms with Crippen LogP contribution < -0.4 is 0 Å². The van der Waals surface area contributed by atoms with Crippen LogP contribution in [0.15, 0.2) is 36.4 Å². The molecule has 1 heterocycles. The lowest BCUT2D eigenvalue weighted by atomic mass is 9.96. The molecule has 26 heavy (non-hydrogen) atoms. The molecule has 2 rings (SSSR count). The number of benzene rings is 1. The SMILES string of the molecule is Cc1sc(C(C)C)c(/C=C/[C@@H](O)C[C@@H](O)CC(=O)O)c1-c1ccccc1. The molecular formula is C21H26O4S. The Labute approximate surface area is 158 Å². The Morgan fingerprint density at radius 3 is 2.42 bits per heavy atom. The van der Waals surface area contributed by atoms with E-state index in [9.17, 15) is 15.0 Å². The highest BCUT2D eigenvalue weighted by Crippen LogP contribution is 2.40. The summed E-state index contributed by atoms with van der Waals surface area (Å²) in [5, 5.41) is 28.6. The summed E-state index contributed by atoms with van der Waals surface area (Å²) in [5.41, 5.74) is 3.38. The predicted molar refractivity (Wildman–Crippen MR) is 106 cm³/mol. The maximum Gasteiger partial charge on any atom is 0.305 e. The van der Waals surface area contributed by atoms with Crippen molar-refractivity contribution in [3.63, 3.8) is 0 Å². The maximum atomic E-state index is 10.6. The molecule has 1 aromatic carbocycles. The van der Waals surface area contributed by atoms with Crippen LogP contribution in [0.3, 0.4) is 0 Å². The van der Waals surface area contributed by atoms with E-state index in [1.807, 2.05) is 24.3 Å². The van der Waals surface area contributed by atoms with Gasteiger partial charge in [-0.2, -0.15) is 0 Å². The topological polar surface area (TPSA) is 77.8 Å². The van der Waals surface area contributed by atoms with Crippen molar-refractivity contribution in [2.24, 2.45) is 0 Å². The number of aliphatic hydroxyl groups excluding tert-OH is 2. The predicted octanol–water partition coefficient (Wildman–Crippen LogP) is 4.45. The molecule has 140 valence electrons. The van der Waals surface area contributed by atoms with E-state index in [0.717, 1.165) is 16.7 Å². The van der Waals surface area contributed by atoms with Gasteiger partial charge in [0.1, 0.15) is 0 Å². The zero-order chi connectivity index (χ0) is 19.3. The molecule has 2 aromatic rings. The molecule has 3 N–H and O–H groups in total. The van der Waals surface area contributed by atoms with Gasteiger partial charge >= 0.3 is 5.97 Å². The van der Waals surface area contributed by atoms with Gasteiger partial charge in [0.2, 0.25) is 0 Å². The standard InChI is InChI=1S/C21H26O4S/c1-13(2)21-18(10-9-16(22)11-17(23)12-19(24)25)20(14(3)26-21)15-7-5-4-6-8-15/h4-10,13,16-17,22-23H,11-12H2,1-3H3,(H,24,25)/b10-9+/t16-,17-/m1/s1. The normalized spacial score (nSPS) is 14.1. The Kier molecular flexibility index (Phi) is 7.14. The van der Waals surface area contributed by atoms with Crippen molar-refractivity contribution in [2.45, 2.75) is 51.7 Å². The lowest BCUT2D eigenvalue weighted by Gasteiger charge is -2.12. The first-order valence-electron chi connectivity index (χ1n) is 8.74. The number of hydrogen-bond donors (Lipinski definition) is 3. The Balaban J connectivity index is 2.31. The fourth-order valence-corrected chi connectivity index (χ4v) is 4.17. The van der Waals surface area contributed by atoms with Gasteiger partial charge in [0, 0.05) is 21.7 Å². The smallest absolute Gasteiger partial charge is 0.305 e. The average molecular weight is 375 g/mol. The van der Waals surface area contributed by atoms with Crippen LogP contribution in [0.1, 0.15) is 47.9 Å². The second-order valence-corrected chi connectivity index (χ2v) is 8.00. The second kappa shape index (κ2) is 9.12. The fourth-order valence-electron chi connectivity index (χ4n) is 2.99. The number of carbonyl (C=O) groups is 1. The average Bonchev–Trinajstić information content (AvgIpc) is 2.89.